The lowest BCUT2D eigenvalue weighted by molar-refractivity contribution is -0.121. The van der Waals surface area contributed by atoms with Gasteiger partial charge in [0.05, 0.1) is 17.4 Å². The number of nitrogens with one attached hydrogen (secondary N) is 2. The third-order valence-corrected chi connectivity index (χ3v) is 2.88. The normalized spacial score (nSPS) is 15.6. The largest absolute Gasteiger partial charge is 0.384 e. The molecule has 7 nitrogen and oxygen atoms in total. The van der Waals surface area contributed by atoms with E-state index < -0.39 is 11.9 Å². The number of hydrogen-bond acceptors (Lipinski definition) is 5. The van der Waals surface area contributed by atoms with E-state index in [0.717, 1.165) is 12.8 Å². The second-order valence-electron chi connectivity index (χ2n) is 4.67. The quantitative estimate of drug-likeness (QED) is 0.588. The molecule has 102 valence electrons. The number of anilines is 2. The molecule has 19 heavy (non-hydrogen) atoms. The standard InChI is InChI=1S/C12H17N5O2/c1-6(12(19)17-7-2-3-7)16-9-5-15-10(13)4-8(9)11(14)18/h4-7,16H,2-3H2,1H3,(H2,13,15)(H2,14,18)(H,17,19). The van der Waals surface area contributed by atoms with E-state index >= 15 is 0 Å². The average molecular weight is 263 g/mol. The third-order valence-electron chi connectivity index (χ3n) is 2.88. The van der Waals surface area contributed by atoms with Crippen molar-refractivity contribution >= 4 is 23.3 Å². The predicted octanol–water partition coefficient (Wildman–Crippen LogP) is -0.158. The Bertz CT molecular complexity index is 513. The maximum atomic E-state index is 11.8. The molecular formula is C12H17N5O2. The molecule has 1 aliphatic rings. The zero-order chi connectivity index (χ0) is 14.0. The zero-order valence-electron chi connectivity index (χ0n) is 10.6. The SMILES string of the molecule is CC(Nc1cnc(N)cc1C(N)=O)C(=O)NC1CC1. The van der Waals surface area contributed by atoms with E-state index in [0.29, 0.717) is 5.69 Å². The van der Waals surface area contributed by atoms with Crippen LogP contribution >= 0.6 is 0 Å². The molecule has 0 aromatic carbocycles. The Morgan fingerprint density at radius 3 is 2.74 bits per heavy atom. The molecule has 0 spiro atoms. The number of carbonyl (C=O) groups is 2. The lowest BCUT2D eigenvalue weighted by Crippen LogP contribution is -2.39. The van der Waals surface area contributed by atoms with E-state index in [2.05, 4.69) is 15.6 Å². The van der Waals surface area contributed by atoms with Crippen LogP contribution in [0.5, 0.6) is 0 Å². The number of aromatic nitrogens is 1. The van der Waals surface area contributed by atoms with Gasteiger partial charge in [-0.05, 0) is 25.8 Å². The lowest BCUT2D eigenvalue weighted by atomic mass is 10.2. The van der Waals surface area contributed by atoms with E-state index in [9.17, 15) is 9.59 Å². The van der Waals surface area contributed by atoms with Crippen molar-refractivity contribution < 1.29 is 9.59 Å². The molecule has 1 fully saturated rings. The van der Waals surface area contributed by atoms with Crippen molar-refractivity contribution in [2.24, 2.45) is 5.73 Å². The zero-order valence-corrected chi connectivity index (χ0v) is 10.6. The highest BCUT2D eigenvalue weighted by Crippen LogP contribution is 2.20. The highest BCUT2D eigenvalue weighted by molar-refractivity contribution is 5.99. The number of nitrogens with zero attached hydrogens (tertiary/aromatic N) is 1. The van der Waals surface area contributed by atoms with Crippen molar-refractivity contribution in [1.82, 2.24) is 10.3 Å². The van der Waals surface area contributed by atoms with Gasteiger partial charge in [-0.25, -0.2) is 4.98 Å². The summed E-state index contributed by atoms with van der Waals surface area (Å²) in [6, 6.07) is 1.19. The van der Waals surface area contributed by atoms with Gasteiger partial charge in [-0.15, -0.1) is 0 Å². The topological polar surface area (TPSA) is 123 Å². The fraction of sp³-hybridized carbons (Fsp3) is 0.417. The van der Waals surface area contributed by atoms with Crippen LogP contribution in [0.2, 0.25) is 0 Å². The highest BCUT2D eigenvalue weighted by Gasteiger charge is 2.26. The van der Waals surface area contributed by atoms with Crippen LogP contribution < -0.4 is 22.1 Å². The number of rotatable bonds is 5. The molecule has 0 saturated heterocycles. The van der Waals surface area contributed by atoms with Crippen molar-refractivity contribution in [3.05, 3.63) is 17.8 Å². The van der Waals surface area contributed by atoms with Crippen LogP contribution in [0.3, 0.4) is 0 Å². The molecule has 0 bridgehead atoms. The Hall–Kier alpha value is -2.31. The maximum Gasteiger partial charge on any atom is 0.250 e. The summed E-state index contributed by atoms with van der Waals surface area (Å²) in [5.41, 5.74) is 11.4. The minimum atomic E-state index is -0.619. The lowest BCUT2D eigenvalue weighted by Gasteiger charge is -2.16. The summed E-state index contributed by atoms with van der Waals surface area (Å²) in [6.07, 6.45) is 3.44. The van der Waals surface area contributed by atoms with E-state index in [1.807, 2.05) is 0 Å². The van der Waals surface area contributed by atoms with Crippen LogP contribution in [0.25, 0.3) is 0 Å². The molecule has 1 aliphatic carbocycles. The Morgan fingerprint density at radius 1 is 1.47 bits per heavy atom. The predicted molar refractivity (Wildman–Crippen MR) is 71.4 cm³/mol. The summed E-state index contributed by atoms with van der Waals surface area (Å²) >= 11 is 0. The molecule has 6 N–H and O–H groups in total. The summed E-state index contributed by atoms with van der Waals surface area (Å²) in [5, 5.41) is 5.79. The molecule has 0 aliphatic heterocycles. The van der Waals surface area contributed by atoms with Gasteiger partial charge in [-0.1, -0.05) is 0 Å². The van der Waals surface area contributed by atoms with E-state index in [-0.39, 0.29) is 23.3 Å². The van der Waals surface area contributed by atoms with Gasteiger partial charge in [-0.2, -0.15) is 0 Å². The number of nitrogen functional groups attached to an aromatic ring is 1. The number of nitrogens with two attached hydrogens (primary N) is 2. The fourth-order valence-corrected chi connectivity index (χ4v) is 1.64. The summed E-state index contributed by atoms with van der Waals surface area (Å²) in [4.78, 5) is 27.0. The fourth-order valence-electron chi connectivity index (χ4n) is 1.64. The molecule has 1 saturated carbocycles. The number of amides is 2. The molecule has 1 heterocycles. The molecule has 2 rings (SSSR count). The van der Waals surface area contributed by atoms with Gasteiger partial charge >= 0.3 is 0 Å². The Morgan fingerprint density at radius 2 is 2.16 bits per heavy atom. The van der Waals surface area contributed by atoms with Crippen LogP contribution in [0.4, 0.5) is 11.5 Å². The molecule has 7 heteroatoms. The summed E-state index contributed by atoms with van der Waals surface area (Å²) in [7, 11) is 0. The van der Waals surface area contributed by atoms with Crippen molar-refractivity contribution in [2.45, 2.75) is 31.8 Å². The maximum absolute atomic E-state index is 11.8. The Balaban J connectivity index is 2.08. The molecule has 0 radical (unpaired) electrons. The first-order valence-electron chi connectivity index (χ1n) is 6.09. The van der Waals surface area contributed by atoms with E-state index in [1.54, 1.807) is 6.92 Å². The van der Waals surface area contributed by atoms with Gasteiger partial charge < -0.3 is 22.1 Å². The van der Waals surface area contributed by atoms with Gasteiger partial charge in [0, 0.05) is 6.04 Å². The van der Waals surface area contributed by atoms with Crippen LogP contribution in [0.15, 0.2) is 12.3 Å². The average Bonchev–Trinajstić information content (AvgIpc) is 3.14. The van der Waals surface area contributed by atoms with Gasteiger partial charge in [0.1, 0.15) is 11.9 Å². The smallest absolute Gasteiger partial charge is 0.250 e. The third kappa shape index (κ3) is 3.34. The molecule has 1 atom stereocenters. The van der Waals surface area contributed by atoms with Crippen molar-refractivity contribution in [2.75, 3.05) is 11.1 Å². The molecule has 1 aromatic heterocycles. The van der Waals surface area contributed by atoms with Crippen molar-refractivity contribution in [3.8, 4) is 0 Å². The monoisotopic (exact) mass is 263 g/mol. The van der Waals surface area contributed by atoms with E-state index in [4.69, 9.17) is 11.5 Å². The Kier molecular flexibility index (Phi) is 3.55. The van der Waals surface area contributed by atoms with E-state index in [1.165, 1.54) is 12.3 Å². The minimum absolute atomic E-state index is 0.116. The molecule has 2 amide bonds. The molecular weight excluding hydrogens is 246 g/mol. The van der Waals surface area contributed by atoms with Crippen LogP contribution in [0.1, 0.15) is 30.1 Å². The summed E-state index contributed by atoms with van der Waals surface area (Å²) < 4.78 is 0. The second-order valence-corrected chi connectivity index (χ2v) is 4.67. The van der Waals surface area contributed by atoms with Crippen LogP contribution in [-0.2, 0) is 4.79 Å². The van der Waals surface area contributed by atoms with Crippen LogP contribution in [-0.4, -0.2) is 28.9 Å². The van der Waals surface area contributed by atoms with Crippen molar-refractivity contribution in [1.29, 1.82) is 0 Å². The second kappa shape index (κ2) is 5.13. The number of primary amides is 1. The summed E-state index contributed by atoms with van der Waals surface area (Å²) in [5.74, 6) is -0.532. The summed E-state index contributed by atoms with van der Waals surface area (Å²) in [6.45, 7) is 1.71. The molecule has 1 unspecified atom stereocenters. The first-order valence-corrected chi connectivity index (χ1v) is 6.09. The van der Waals surface area contributed by atoms with Crippen LogP contribution in [0, 0.1) is 0 Å². The molecule has 1 aromatic rings. The highest BCUT2D eigenvalue weighted by atomic mass is 16.2. The van der Waals surface area contributed by atoms with Crippen molar-refractivity contribution in [3.63, 3.8) is 0 Å². The first-order chi connectivity index (χ1) is 8.97. The number of carbonyl (C=O) groups excluding carboxylic acids is 2. The number of hydrogen-bond donors (Lipinski definition) is 4. The van der Waals surface area contributed by atoms with Gasteiger partial charge in [0.25, 0.3) is 5.91 Å². The number of pyridine rings is 1. The first kappa shape index (κ1) is 13.1. The Labute approximate surface area is 110 Å². The minimum Gasteiger partial charge on any atom is -0.384 e. The van der Waals surface area contributed by atoms with Gasteiger partial charge in [0.15, 0.2) is 0 Å². The van der Waals surface area contributed by atoms with Gasteiger partial charge in [0.2, 0.25) is 5.91 Å². The van der Waals surface area contributed by atoms with Gasteiger partial charge in [-0.3, -0.25) is 9.59 Å².